The molecule has 0 unspecified atom stereocenters. The minimum Gasteiger partial charge on any atom is -0.497 e. The van der Waals surface area contributed by atoms with Gasteiger partial charge in [-0.25, -0.2) is 8.42 Å². The number of benzene rings is 3. The fourth-order valence-electron chi connectivity index (χ4n) is 3.72. The van der Waals surface area contributed by atoms with Gasteiger partial charge < -0.3 is 19.1 Å². The van der Waals surface area contributed by atoms with Crippen LogP contribution < -0.4 is 19.1 Å². The van der Waals surface area contributed by atoms with E-state index in [4.69, 9.17) is 14.2 Å². The Kier molecular flexibility index (Phi) is 4.86. The summed E-state index contributed by atoms with van der Waals surface area (Å²) in [6, 6.07) is 18.3. The van der Waals surface area contributed by atoms with Gasteiger partial charge in [0.2, 0.25) is 15.6 Å². The van der Waals surface area contributed by atoms with Gasteiger partial charge in [-0.2, -0.15) is 0 Å². The summed E-state index contributed by atoms with van der Waals surface area (Å²) in [5.41, 5.74) is 1.36. The van der Waals surface area contributed by atoms with Crippen LogP contribution in [-0.4, -0.2) is 34.5 Å². The van der Waals surface area contributed by atoms with Crippen molar-refractivity contribution in [3.05, 3.63) is 83.4 Å². The Morgan fingerprint density at radius 2 is 1.66 bits per heavy atom. The number of ether oxygens (including phenoxy) is 3. The number of methoxy groups -OCH3 is 1. The van der Waals surface area contributed by atoms with Crippen LogP contribution in [0.5, 0.6) is 17.2 Å². The topological polar surface area (TPSA) is 82.1 Å². The normalized spacial score (nSPS) is 16.0. The monoisotopic (exact) mass is 449 g/mol. The third-order valence-corrected chi connectivity index (χ3v) is 7.12. The van der Waals surface area contributed by atoms with Gasteiger partial charge in [0.1, 0.15) is 23.9 Å². The summed E-state index contributed by atoms with van der Waals surface area (Å²) in [5.74, 6) is 1.17. The lowest BCUT2D eigenvalue weighted by atomic mass is 10.1. The lowest BCUT2D eigenvalue weighted by Crippen LogP contribution is -2.26. The summed E-state index contributed by atoms with van der Waals surface area (Å²) in [4.78, 5) is 14.7. The van der Waals surface area contributed by atoms with E-state index in [0.29, 0.717) is 41.8 Å². The zero-order valence-corrected chi connectivity index (χ0v) is 18.0. The lowest BCUT2D eigenvalue weighted by Gasteiger charge is -2.29. The number of hydrogen-bond donors (Lipinski definition) is 0. The smallest absolute Gasteiger partial charge is 0.214 e. The average molecular weight is 449 g/mol. The fourth-order valence-corrected chi connectivity index (χ4v) is 5.26. The Morgan fingerprint density at radius 1 is 0.938 bits per heavy atom. The van der Waals surface area contributed by atoms with Gasteiger partial charge in [-0.1, -0.05) is 12.1 Å². The van der Waals surface area contributed by atoms with E-state index in [2.05, 4.69) is 0 Å². The maximum Gasteiger partial charge on any atom is 0.214 e. The SMILES string of the molecule is COc1ccc(C(=O)C2=CN(c3ccc4c(c3)OCCO4)c3ccccc3S2(=O)=O)cc1. The maximum atomic E-state index is 13.4. The largest absolute Gasteiger partial charge is 0.497 e. The van der Waals surface area contributed by atoms with Crippen LogP contribution in [0.15, 0.2) is 82.7 Å². The highest BCUT2D eigenvalue weighted by Crippen LogP contribution is 2.43. The molecule has 162 valence electrons. The third-order valence-electron chi connectivity index (χ3n) is 5.33. The van der Waals surface area contributed by atoms with Crippen molar-refractivity contribution in [3.8, 4) is 17.2 Å². The summed E-state index contributed by atoms with van der Waals surface area (Å²) in [6.45, 7) is 0.899. The Labute approximate surface area is 185 Å². The first-order valence-corrected chi connectivity index (χ1v) is 11.4. The van der Waals surface area contributed by atoms with Crippen molar-refractivity contribution >= 4 is 27.0 Å². The fraction of sp³-hybridized carbons (Fsp3) is 0.125. The van der Waals surface area contributed by atoms with Crippen LogP contribution in [-0.2, 0) is 9.84 Å². The van der Waals surface area contributed by atoms with Crippen LogP contribution in [0.3, 0.4) is 0 Å². The predicted octanol–water partition coefficient (Wildman–Crippen LogP) is 4.12. The molecule has 2 aliphatic rings. The molecule has 8 heteroatoms. The predicted molar refractivity (Wildman–Crippen MR) is 119 cm³/mol. The Bertz CT molecular complexity index is 1350. The molecular formula is C24H19NO6S. The second kappa shape index (κ2) is 7.72. The Morgan fingerprint density at radius 3 is 2.41 bits per heavy atom. The van der Waals surface area contributed by atoms with Crippen molar-refractivity contribution in [1.29, 1.82) is 0 Å². The number of fused-ring (bicyclic) bond motifs is 2. The van der Waals surface area contributed by atoms with E-state index in [-0.39, 0.29) is 15.4 Å². The number of anilines is 2. The number of carbonyl (C=O) groups is 1. The van der Waals surface area contributed by atoms with Crippen LogP contribution in [0.25, 0.3) is 0 Å². The summed E-state index contributed by atoms with van der Waals surface area (Å²) in [7, 11) is -2.50. The van der Waals surface area contributed by atoms with Crippen molar-refractivity contribution in [2.75, 3.05) is 25.2 Å². The number of rotatable bonds is 4. The van der Waals surface area contributed by atoms with E-state index < -0.39 is 15.6 Å². The third kappa shape index (κ3) is 3.29. The zero-order chi connectivity index (χ0) is 22.3. The molecule has 2 aliphatic heterocycles. The number of sulfone groups is 1. The van der Waals surface area contributed by atoms with E-state index >= 15 is 0 Å². The molecule has 3 aromatic carbocycles. The number of carbonyl (C=O) groups excluding carboxylic acids is 1. The average Bonchev–Trinajstić information content (AvgIpc) is 2.83. The molecule has 0 saturated heterocycles. The Balaban J connectivity index is 1.64. The summed E-state index contributed by atoms with van der Waals surface area (Å²) in [5, 5.41) is 0. The molecule has 0 amide bonds. The van der Waals surface area contributed by atoms with Crippen LogP contribution in [0.4, 0.5) is 11.4 Å². The highest BCUT2D eigenvalue weighted by molar-refractivity contribution is 7.96. The van der Waals surface area contributed by atoms with E-state index in [1.54, 1.807) is 65.6 Å². The molecule has 3 aromatic rings. The number of allylic oxidation sites excluding steroid dienone is 1. The van der Waals surface area contributed by atoms with Crippen LogP contribution in [0, 0.1) is 0 Å². The van der Waals surface area contributed by atoms with Gasteiger partial charge in [0.05, 0.1) is 17.7 Å². The van der Waals surface area contributed by atoms with E-state index in [1.165, 1.54) is 19.4 Å². The first kappa shape index (κ1) is 20.1. The first-order chi connectivity index (χ1) is 15.5. The minimum absolute atomic E-state index is 0.0641. The quantitative estimate of drug-likeness (QED) is 0.554. The van der Waals surface area contributed by atoms with Gasteiger partial charge >= 0.3 is 0 Å². The molecule has 32 heavy (non-hydrogen) atoms. The van der Waals surface area contributed by atoms with Crippen molar-refractivity contribution in [2.45, 2.75) is 4.90 Å². The first-order valence-electron chi connectivity index (χ1n) is 9.92. The van der Waals surface area contributed by atoms with Crippen LogP contribution in [0.2, 0.25) is 0 Å². The van der Waals surface area contributed by atoms with Gasteiger partial charge in [0.25, 0.3) is 0 Å². The van der Waals surface area contributed by atoms with Crippen LogP contribution >= 0.6 is 0 Å². The molecule has 0 atom stereocenters. The van der Waals surface area contributed by atoms with Gasteiger partial charge in [0.15, 0.2) is 11.5 Å². The second-order valence-electron chi connectivity index (χ2n) is 7.22. The molecule has 5 rings (SSSR count). The standard InChI is InChI=1S/C24H19NO6S/c1-29-18-9-6-16(7-10-18)24(26)23-15-25(19-4-2-3-5-22(19)32(23,27)28)17-8-11-20-21(14-17)31-13-12-30-20/h2-11,14-15H,12-13H2,1H3. The minimum atomic E-state index is -4.02. The van der Waals surface area contributed by atoms with Crippen LogP contribution in [0.1, 0.15) is 10.4 Å². The number of para-hydroxylation sites is 1. The summed E-state index contributed by atoms with van der Waals surface area (Å²) >= 11 is 0. The molecule has 0 aromatic heterocycles. The van der Waals surface area contributed by atoms with E-state index in [0.717, 1.165) is 0 Å². The molecule has 0 fully saturated rings. The zero-order valence-electron chi connectivity index (χ0n) is 17.1. The van der Waals surface area contributed by atoms with Crippen molar-refractivity contribution in [2.24, 2.45) is 0 Å². The van der Waals surface area contributed by atoms with Gasteiger partial charge in [-0.15, -0.1) is 0 Å². The molecule has 2 heterocycles. The number of ketones is 1. The number of nitrogens with zero attached hydrogens (tertiary/aromatic N) is 1. The molecule has 0 bridgehead atoms. The number of hydrogen-bond acceptors (Lipinski definition) is 7. The molecule has 0 spiro atoms. The van der Waals surface area contributed by atoms with Gasteiger partial charge in [-0.3, -0.25) is 4.79 Å². The van der Waals surface area contributed by atoms with Gasteiger partial charge in [-0.05, 0) is 48.5 Å². The van der Waals surface area contributed by atoms with Crippen molar-refractivity contribution < 1.29 is 27.4 Å². The van der Waals surface area contributed by atoms with Gasteiger partial charge in [0, 0.05) is 23.5 Å². The Hall–Kier alpha value is -3.78. The molecular weight excluding hydrogens is 430 g/mol. The van der Waals surface area contributed by atoms with Crippen molar-refractivity contribution in [3.63, 3.8) is 0 Å². The van der Waals surface area contributed by atoms with E-state index in [9.17, 15) is 13.2 Å². The second-order valence-corrected chi connectivity index (χ2v) is 9.11. The molecule has 0 radical (unpaired) electrons. The highest BCUT2D eigenvalue weighted by atomic mass is 32.2. The molecule has 0 saturated carbocycles. The summed E-state index contributed by atoms with van der Waals surface area (Å²) in [6.07, 6.45) is 1.37. The lowest BCUT2D eigenvalue weighted by molar-refractivity contribution is 0.104. The van der Waals surface area contributed by atoms with E-state index in [1.807, 2.05) is 0 Å². The maximum absolute atomic E-state index is 13.4. The number of Topliss-reactive ketones (excluding diaryl/α,β-unsaturated/α-hetero) is 1. The highest BCUT2D eigenvalue weighted by Gasteiger charge is 2.36. The molecule has 7 nitrogen and oxygen atoms in total. The summed E-state index contributed by atoms with van der Waals surface area (Å²) < 4.78 is 43.1. The molecule has 0 aliphatic carbocycles. The van der Waals surface area contributed by atoms with Crippen molar-refractivity contribution in [1.82, 2.24) is 0 Å². The molecule has 0 N–H and O–H groups in total.